The van der Waals surface area contributed by atoms with E-state index in [2.05, 4.69) is 39.2 Å². The maximum absolute atomic E-state index is 5.88. The standard InChI is InChI=1S/C21H35NO/c1-6-20-12-8-9-13-21(20)23-15-11-7-10-14-22(16-18(2)3)17-19(4)5/h6,8-9,12-13,18-19H,1,7,10-11,14-17H2,2-5H3. The fraction of sp³-hybridized carbons (Fsp3) is 0.619. The number of rotatable bonds is 12. The lowest BCUT2D eigenvalue weighted by Gasteiger charge is -2.26. The van der Waals surface area contributed by atoms with Crippen LogP contribution < -0.4 is 4.74 Å². The van der Waals surface area contributed by atoms with Gasteiger partial charge in [0.15, 0.2) is 0 Å². The second-order valence-corrected chi connectivity index (χ2v) is 7.20. The third kappa shape index (κ3) is 8.80. The summed E-state index contributed by atoms with van der Waals surface area (Å²) in [7, 11) is 0. The van der Waals surface area contributed by atoms with Crippen LogP contribution in [0.25, 0.3) is 6.08 Å². The first-order valence-electron chi connectivity index (χ1n) is 9.09. The molecule has 0 bridgehead atoms. The number of hydrogen-bond donors (Lipinski definition) is 0. The Kier molecular flexibility index (Phi) is 9.70. The van der Waals surface area contributed by atoms with E-state index in [1.54, 1.807) is 0 Å². The van der Waals surface area contributed by atoms with E-state index in [1.165, 1.54) is 32.5 Å². The topological polar surface area (TPSA) is 12.5 Å². The molecule has 1 aromatic rings. The number of hydrogen-bond acceptors (Lipinski definition) is 2. The lowest BCUT2D eigenvalue weighted by Crippen LogP contribution is -2.32. The van der Waals surface area contributed by atoms with Gasteiger partial charge in [-0.3, -0.25) is 0 Å². The zero-order valence-electron chi connectivity index (χ0n) is 15.6. The lowest BCUT2D eigenvalue weighted by molar-refractivity contribution is 0.212. The van der Waals surface area contributed by atoms with Crippen LogP contribution in [0.5, 0.6) is 5.75 Å². The molecule has 1 aromatic carbocycles. The van der Waals surface area contributed by atoms with Crippen LogP contribution >= 0.6 is 0 Å². The number of para-hydroxylation sites is 1. The van der Waals surface area contributed by atoms with E-state index < -0.39 is 0 Å². The highest BCUT2D eigenvalue weighted by molar-refractivity contribution is 5.55. The number of ether oxygens (including phenoxy) is 1. The van der Waals surface area contributed by atoms with Crippen LogP contribution in [0.4, 0.5) is 0 Å². The molecule has 0 aliphatic heterocycles. The molecule has 0 aliphatic carbocycles. The molecule has 1 rings (SSSR count). The quantitative estimate of drug-likeness (QED) is 0.472. The van der Waals surface area contributed by atoms with Crippen molar-refractivity contribution in [2.75, 3.05) is 26.2 Å². The highest BCUT2D eigenvalue weighted by Crippen LogP contribution is 2.19. The van der Waals surface area contributed by atoms with E-state index in [0.717, 1.165) is 36.2 Å². The Balaban J connectivity index is 2.21. The molecule has 0 N–H and O–H groups in total. The molecular formula is C21H35NO. The SMILES string of the molecule is C=Cc1ccccc1OCCCCCN(CC(C)C)CC(C)C. The van der Waals surface area contributed by atoms with E-state index in [1.807, 2.05) is 30.3 Å². The normalized spacial score (nSPS) is 11.4. The first-order valence-corrected chi connectivity index (χ1v) is 9.09. The van der Waals surface area contributed by atoms with Gasteiger partial charge in [0.25, 0.3) is 0 Å². The van der Waals surface area contributed by atoms with Crippen molar-refractivity contribution in [3.05, 3.63) is 36.4 Å². The molecule has 2 nitrogen and oxygen atoms in total. The van der Waals surface area contributed by atoms with E-state index >= 15 is 0 Å². The maximum atomic E-state index is 5.88. The van der Waals surface area contributed by atoms with Gasteiger partial charge in [-0.05, 0) is 43.7 Å². The van der Waals surface area contributed by atoms with Gasteiger partial charge in [-0.2, -0.15) is 0 Å². The minimum absolute atomic E-state index is 0.743. The van der Waals surface area contributed by atoms with E-state index in [0.29, 0.717) is 0 Å². The number of nitrogens with zero attached hydrogens (tertiary/aromatic N) is 1. The monoisotopic (exact) mass is 317 g/mol. The van der Waals surface area contributed by atoms with E-state index in [-0.39, 0.29) is 0 Å². The van der Waals surface area contributed by atoms with Gasteiger partial charge >= 0.3 is 0 Å². The van der Waals surface area contributed by atoms with Crippen LogP contribution in [-0.2, 0) is 0 Å². The van der Waals surface area contributed by atoms with E-state index in [9.17, 15) is 0 Å². The van der Waals surface area contributed by atoms with Crippen molar-refractivity contribution in [2.45, 2.75) is 47.0 Å². The van der Waals surface area contributed by atoms with E-state index in [4.69, 9.17) is 4.74 Å². The van der Waals surface area contributed by atoms with Gasteiger partial charge in [0.1, 0.15) is 5.75 Å². The van der Waals surface area contributed by atoms with Crippen LogP contribution in [0.15, 0.2) is 30.8 Å². The second kappa shape index (κ2) is 11.3. The number of unbranched alkanes of at least 4 members (excludes halogenated alkanes) is 2. The summed E-state index contributed by atoms with van der Waals surface area (Å²) in [5.74, 6) is 2.43. The van der Waals surface area contributed by atoms with Gasteiger partial charge in [-0.25, -0.2) is 0 Å². The molecule has 0 saturated carbocycles. The van der Waals surface area contributed by atoms with Crippen molar-refractivity contribution in [3.63, 3.8) is 0 Å². The minimum atomic E-state index is 0.743. The fourth-order valence-electron chi connectivity index (χ4n) is 2.87. The molecule has 0 saturated heterocycles. The minimum Gasteiger partial charge on any atom is -0.493 e. The Morgan fingerprint density at radius 2 is 1.65 bits per heavy atom. The Morgan fingerprint density at radius 3 is 2.26 bits per heavy atom. The van der Waals surface area contributed by atoms with Gasteiger partial charge in [0.05, 0.1) is 6.61 Å². The van der Waals surface area contributed by atoms with Gasteiger partial charge in [0.2, 0.25) is 0 Å². The molecule has 0 radical (unpaired) electrons. The van der Waals surface area contributed by atoms with Crippen LogP contribution in [0.2, 0.25) is 0 Å². The molecule has 0 aliphatic rings. The van der Waals surface area contributed by atoms with Crippen molar-refractivity contribution in [1.82, 2.24) is 4.90 Å². The smallest absolute Gasteiger partial charge is 0.126 e. The highest BCUT2D eigenvalue weighted by atomic mass is 16.5. The number of benzene rings is 1. The molecular weight excluding hydrogens is 282 g/mol. The average molecular weight is 318 g/mol. The zero-order chi connectivity index (χ0) is 17.1. The lowest BCUT2D eigenvalue weighted by atomic mass is 10.1. The summed E-state index contributed by atoms with van der Waals surface area (Å²) in [6.07, 6.45) is 5.45. The predicted octanol–water partition coefficient (Wildman–Crippen LogP) is 5.49. The summed E-state index contributed by atoms with van der Waals surface area (Å²) >= 11 is 0. The summed E-state index contributed by atoms with van der Waals surface area (Å²) in [6, 6.07) is 8.09. The van der Waals surface area contributed by atoms with Gasteiger partial charge < -0.3 is 9.64 Å². The molecule has 130 valence electrons. The Labute approximate surface area is 143 Å². The van der Waals surface area contributed by atoms with Crippen LogP contribution in [0, 0.1) is 11.8 Å². The molecule has 0 aromatic heterocycles. The molecule has 23 heavy (non-hydrogen) atoms. The first-order chi connectivity index (χ1) is 11.0. The largest absolute Gasteiger partial charge is 0.493 e. The Morgan fingerprint density at radius 1 is 1.00 bits per heavy atom. The summed E-state index contributed by atoms with van der Waals surface area (Å²) < 4.78 is 5.88. The third-order valence-corrected chi connectivity index (χ3v) is 3.76. The van der Waals surface area contributed by atoms with Crippen molar-refractivity contribution in [1.29, 1.82) is 0 Å². The van der Waals surface area contributed by atoms with Gasteiger partial charge in [-0.1, -0.05) is 58.5 Å². The summed E-state index contributed by atoms with van der Waals surface area (Å²) in [6.45, 7) is 17.5. The molecule has 0 fully saturated rings. The molecule has 2 heteroatoms. The molecule has 0 amide bonds. The van der Waals surface area contributed by atoms with Crippen molar-refractivity contribution in [3.8, 4) is 5.75 Å². The van der Waals surface area contributed by atoms with Crippen molar-refractivity contribution >= 4 is 6.08 Å². The Hall–Kier alpha value is -1.28. The predicted molar refractivity (Wildman–Crippen MR) is 102 cm³/mol. The van der Waals surface area contributed by atoms with Crippen LogP contribution in [-0.4, -0.2) is 31.1 Å². The zero-order valence-corrected chi connectivity index (χ0v) is 15.6. The summed E-state index contributed by atoms with van der Waals surface area (Å²) in [5, 5.41) is 0. The molecule has 0 spiro atoms. The first kappa shape index (κ1) is 19.8. The summed E-state index contributed by atoms with van der Waals surface area (Å²) in [4.78, 5) is 2.61. The average Bonchev–Trinajstić information content (AvgIpc) is 2.49. The summed E-state index contributed by atoms with van der Waals surface area (Å²) in [5.41, 5.74) is 1.08. The Bertz CT molecular complexity index is 429. The van der Waals surface area contributed by atoms with Crippen molar-refractivity contribution in [2.24, 2.45) is 11.8 Å². The third-order valence-electron chi connectivity index (χ3n) is 3.76. The highest BCUT2D eigenvalue weighted by Gasteiger charge is 2.09. The molecule has 0 unspecified atom stereocenters. The van der Waals surface area contributed by atoms with Crippen molar-refractivity contribution < 1.29 is 4.74 Å². The second-order valence-electron chi connectivity index (χ2n) is 7.20. The van der Waals surface area contributed by atoms with Gasteiger partial charge in [-0.15, -0.1) is 0 Å². The fourth-order valence-corrected chi connectivity index (χ4v) is 2.87. The van der Waals surface area contributed by atoms with Crippen LogP contribution in [0.1, 0.15) is 52.5 Å². The van der Waals surface area contributed by atoms with Gasteiger partial charge in [0, 0.05) is 18.7 Å². The maximum Gasteiger partial charge on any atom is 0.126 e. The van der Waals surface area contributed by atoms with Crippen LogP contribution in [0.3, 0.4) is 0 Å². The molecule has 0 atom stereocenters. The molecule has 0 heterocycles.